The van der Waals surface area contributed by atoms with E-state index < -0.39 is 24.0 Å². The average Bonchev–Trinajstić information content (AvgIpc) is 3.42. The second-order valence-electron chi connectivity index (χ2n) is 9.08. The minimum absolute atomic E-state index is 0.0744. The number of carbonyl (C=O) groups excluding carboxylic acids is 2. The molecule has 2 amide bonds. The minimum Gasteiger partial charge on any atom is -0.393 e. The first kappa shape index (κ1) is 26.5. The van der Waals surface area contributed by atoms with Crippen LogP contribution in [0.5, 0.6) is 0 Å². The molecule has 0 aromatic carbocycles. The highest BCUT2D eigenvalue weighted by atomic mass is 16.3. The number of aliphatic hydroxyl groups is 2. The maximum atomic E-state index is 11.1. The fourth-order valence-electron chi connectivity index (χ4n) is 4.71. The largest absolute Gasteiger partial charge is 0.393 e. The van der Waals surface area contributed by atoms with E-state index in [1.54, 1.807) is 0 Å². The molecule has 0 saturated heterocycles. The molecule has 2 aliphatic carbocycles. The van der Waals surface area contributed by atoms with Crippen LogP contribution in [-0.2, 0) is 0 Å². The van der Waals surface area contributed by atoms with Gasteiger partial charge in [-0.1, -0.05) is 0 Å². The van der Waals surface area contributed by atoms with Crippen LogP contribution in [0.4, 0.5) is 11.6 Å². The second kappa shape index (κ2) is 11.1. The Kier molecular flexibility index (Phi) is 8.14. The lowest BCUT2D eigenvalue weighted by molar-refractivity contribution is 0.0860. The zero-order valence-electron chi connectivity index (χ0n) is 19.6. The lowest BCUT2D eigenvalue weighted by Crippen LogP contribution is -2.29. The molecular weight excluding hydrogens is 468 g/mol. The Hall–Kier alpha value is -4.14. The highest BCUT2D eigenvalue weighted by molar-refractivity contribution is 5.97. The van der Waals surface area contributed by atoms with Crippen molar-refractivity contribution in [3.8, 4) is 12.1 Å². The molecule has 2 aliphatic rings. The van der Waals surface area contributed by atoms with Crippen molar-refractivity contribution in [2.24, 2.45) is 23.3 Å². The molecule has 4 rings (SSSR count). The molecule has 2 fully saturated rings. The normalized spacial score (nSPS) is 27.7. The van der Waals surface area contributed by atoms with Crippen molar-refractivity contribution in [3.63, 3.8) is 0 Å². The van der Waals surface area contributed by atoms with Crippen molar-refractivity contribution in [1.82, 2.24) is 19.6 Å². The van der Waals surface area contributed by atoms with E-state index in [0.29, 0.717) is 38.5 Å². The van der Waals surface area contributed by atoms with Gasteiger partial charge in [0, 0.05) is 12.4 Å². The van der Waals surface area contributed by atoms with E-state index in [9.17, 15) is 19.8 Å². The van der Waals surface area contributed by atoms with Crippen molar-refractivity contribution in [3.05, 3.63) is 23.5 Å². The van der Waals surface area contributed by atoms with Crippen LogP contribution >= 0.6 is 0 Å². The summed E-state index contributed by atoms with van der Waals surface area (Å²) in [6.45, 7) is 0. The predicted molar refractivity (Wildman–Crippen MR) is 126 cm³/mol. The number of hydrogen-bond donors (Lipinski definition) is 6. The molecule has 0 unspecified atom stereocenters. The SMILES string of the molecule is N#C[C@H]1C[C@@H](O)CC[C@@H]1n1cc(C(N)=O)c(N)n1.N#C[C@H]1C[C@H](O)CC[C@@H]1n1cc(C(N)=O)c(N)n1. The Labute approximate surface area is 207 Å². The highest BCUT2D eigenvalue weighted by Crippen LogP contribution is 2.35. The van der Waals surface area contributed by atoms with E-state index in [1.807, 2.05) is 0 Å². The second-order valence-corrected chi connectivity index (χ2v) is 9.08. The third-order valence-electron chi connectivity index (χ3n) is 6.64. The Morgan fingerprint density at radius 3 is 1.44 bits per heavy atom. The standard InChI is InChI=1S/2C11H15N5O2/c2*12-4-6-3-7(17)1-2-9(6)16-5-8(11(14)18)10(13)15-16/h2*5-7,9,17H,1-3H2,(H2,13,15)(H2,14,18)/t6-,7+,9+;6-,7-,9+/m11/s1. The summed E-state index contributed by atoms with van der Waals surface area (Å²) in [6.07, 6.45) is 5.33. The number of hydrogen-bond acceptors (Lipinski definition) is 10. The van der Waals surface area contributed by atoms with E-state index in [2.05, 4.69) is 22.3 Å². The van der Waals surface area contributed by atoms with Gasteiger partial charge in [0.05, 0.1) is 48.3 Å². The first-order valence-corrected chi connectivity index (χ1v) is 11.5. The number of rotatable bonds is 4. The van der Waals surface area contributed by atoms with E-state index in [4.69, 9.17) is 33.5 Å². The summed E-state index contributed by atoms with van der Waals surface area (Å²) < 4.78 is 3.05. The number of amides is 2. The Morgan fingerprint density at radius 1 is 0.806 bits per heavy atom. The third-order valence-corrected chi connectivity index (χ3v) is 6.64. The molecule has 192 valence electrons. The summed E-state index contributed by atoms with van der Waals surface area (Å²) >= 11 is 0. The number of aliphatic hydroxyl groups excluding tert-OH is 2. The molecule has 0 aliphatic heterocycles. The van der Waals surface area contributed by atoms with Gasteiger partial charge >= 0.3 is 0 Å². The number of primary amides is 2. The lowest BCUT2D eigenvalue weighted by Gasteiger charge is -2.29. The fraction of sp³-hybridized carbons (Fsp3) is 0.545. The van der Waals surface area contributed by atoms with Crippen molar-refractivity contribution >= 4 is 23.5 Å². The summed E-state index contributed by atoms with van der Waals surface area (Å²) in [7, 11) is 0. The molecule has 2 heterocycles. The Bertz CT molecular complexity index is 1100. The average molecular weight is 499 g/mol. The number of nitriles is 2. The van der Waals surface area contributed by atoms with Gasteiger partial charge in [0.15, 0.2) is 11.6 Å². The molecule has 0 bridgehead atoms. The fourth-order valence-corrected chi connectivity index (χ4v) is 4.71. The highest BCUT2D eigenvalue weighted by Gasteiger charge is 2.33. The van der Waals surface area contributed by atoms with E-state index in [0.717, 1.165) is 0 Å². The first-order chi connectivity index (χ1) is 17.0. The van der Waals surface area contributed by atoms with Gasteiger partial charge in [-0.05, 0) is 38.5 Å². The minimum atomic E-state index is -0.636. The molecular formula is C22H30N10O4. The molecule has 14 nitrogen and oxygen atoms in total. The predicted octanol–water partition coefficient (Wildman–Crippen LogP) is -0.420. The van der Waals surface area contributed by atoms with Gasteiger partial charge in [-0.25, -0.2) is 0 Å². The first-order valence-electron chi connectivity index (χ1n) is 11.5. The van der Waals surface area contributed by atoms with Crippen LogP contribution in [0.1, 0.15) is 71.3 Å². The molecule has 6 atom stereocenters. The molecule has 0 spiro atoms. The quantitative estimate of drug-likeness (QED) is 0.317. The molecule has 2 aromatic rings. The summed E-state index contributed by atoms with van der Waals surface area (Å²) in [5.74, 6) is -1.80. The number of carbonyl (C=O) groups is 2. The summed E-state index contributed by atoms with van der Waals surface area (Å²) in [5, 5.41) is 45.4. The number of anilines is 2. The van der Waals surface area contributed by atoms with Gasteiger partial charge in [-0.3, -0.25) is 19.0 Å². The maximum absolute atomic E-state index is 11.1. The van der Waals surface area contributed by atoms with Gasteiger partial charge in [0.25, 0.3) is 11.8 Å². The topological polar surface area (TPSA) is 262 Å². The third kappa shape index (κ3) is 5.73. The van der Waals surface area contributed by atoms with E-state index in [1.165, 1.54) is 21.8 Å². The van der Waals surface area contributed by atoms with Crippen LogP contribution in [0.25, 0.3) is 0 Å². The smallest absolute Gasteiger partial charge is 0.254 e. The van der Waals surface area contributed by atoms with Gasteiger partial charge in [-0.15, -0.1) is 0 Å². The monoisotopic (exact) mass is 498 g/mol. The van der Waals surface area contributed by atoms with Crippen LogP contribution in [-0.4, -0.2) is 53.8 Å². The maximum Gasteiger partial charge on any atom is 0.254 e. The summed E-state index contributed by atoms with van der Waals surface area (Å²) in [4.78, 5) is 22.2. The molecule has 14 heteroatoms. The van der Waals surface area contributed by atoms with Crippen LogP contribution in [0.15, 0.2) is 12.4 Å². The zero-order chi connectivity index (χ0) is 26.6. The van der Waals surface area contributed by atoms with Crippen molar-refractivity contribution < 1.29 is 19.8 Å². The molecule has 10 N–H and O–H groups in total. The number of nitrogen functional groups attached to an aromatic ring is 2. The van der Waals surface area contributed by atoms with Crippen LogP contribution in [0.3, 0.4) is 0 Å². The van der Waals surface area contributed by atoms with Crippen molar-refractivity contribution in [1.29, 1.82) is 10.5 Å². The molecule has 0 radical (unpaired) electrons. The molecule has 2 aromatic heterocycles. The number of nitrogens with two attached hydrogens (primary N) is 4. The van der Waals surface area contributed by atoms with Crippen LogP contribution in [0.2, 0.25) is 0 Å². The van der Waals surface area contributed by atoms with Gasteiger partial charge < -0.3 is 33.1 Å². The lowest BCUT2D eigenvalue weighted by atomic mass is 9.84. The summed E-state index contributed by atoms with van der Waals surface area (Å²) in [5.41, 5.74) is 21.9. The van der Waals surface area contributed by atoms with Gasteiger partial charge in [0.1, 0.15) is 11.1 Å². The Morgan fingerprint density at radius 2 is 1.17 bits per heavy atom. The van der Waals surface area contributed by atoms with Gasteiger partial charge in [-0.2, -0.15) is 20.7 Å². The molecule has 36 heavy (non-hydrogen) atoms. The summed E-state index contributed by atoms with van der Waals surface area (Å²) in [6, 6.07) is 3.98. The van der Waals surface area contributed by atoms with Gasteiger partial charge in [0.2, 0.25) is 0 Å². The zero-order valence-corrected chi connectivity index (χ0v) is 19.6. The Balaban J connectivity index is 0.000000201. The van der Waals surface area contributed by atoms with Crippen molar-refractivity contribution in [2.75, 3.05) is 11.5 Å². The van der Waals surface area contributed by atoms with E-state index >= 15 is 0 Å². The van der Waals surface area contributed by atoms with E-state index in [-0.39, 0.29) is 46.7 Å². The van der Waals surface area contributed by atoms with Crippen molar-refractivity contribution in [2.45, 2.75) is 62.8 Å². The van der Waals surface area contributed by atoms with Crippen LogP contribution < -0.4 is 22.9 Å². The molecule has 2 saturated carbocycles. The number of nitrogens with zero attached hydrogens (tertiary/aromatic N) is 6. The van der Waals surface area contributed by atoms with Crippen LogP contribution in [0, 0.1) is 34.5 Å². The number of aromatic nitrogens is 4.